The Bertz CT molecular complexity index is 271. The molecule has 1 N–H and O–H groups in total. The van der Waals surface area contributed by atoms with Crippen LogP contribution in [-0.2, 0) is 4.79 Å². The predicted molar refractivity (Wildman–Crippen MR) is 66.7 cm³/mol. The molecule has 1 fully saturated rings. The first-order valence-corrected chi connectivity index (χ1v) is 6.66. The highest BCUT2D eigenvalue weighted by Gasteiger charge is 2.61. The van der Waals surface area contributed by atoms with Crippen LogP contribution in [0.3, 0.4) is 0 Å². The Hall–Kier alpha value is 0.170. The van der Waals surface area contributed by atoms with E-state index in [1.165, 1.54) is 0 Å². The van der Waals surface area contributed by atoms with E-state index in [9.17, 15) is 4.79 Å². The van der Waals surface area contributed by atoms with E-state index >= 15 is 0 Å². The molecule has 0 bridgehead atoms. The zero-order chi connectivity index (χ0) is 12.4. The molecule has 0 aromatic rings. The Morgan fingerprint density at radius 2 is 2.00 bits per heavy atom. The number of carbonyl (C=O) groups excluding carboxylic acids is 1. The van der Waals surface area contributed by atoms with E-state index in [0.717, 1.165) is 25.7 Å². The summed E-state index contributed by atoms with van der Waals surface area (Å²) in [7, 11) is 0. The van der Waals surface area contributed by atoms with Crippen molar-refractivity contribution in [1.82, 2.24) is 5.32 Å². The van der Waals surface area contributed by atoms with Crippen LogP contribution < -0.4 is 5.32 Å². The highest BCUT2D eigenvalue weighted by atomic mass is 35.5. The average molecular weight is 268 g/mol. The minimum absolute atomic E-state index is 0.139. The van der Waals surface area contributed by atoms with E-state index < -0.39 is 9.06 Å². The van der Waals surface area contributed by atoms with Gasteiger partial charge in [-0.25, -0.2) is 10.1 Å². The van der Waals surface area contributed by atoms with Crippen LogP contribution in [0.15, 0.2) is 0 Å². The quantitative estimate of drug-likeness (QED) is 0.612. The first kappa shape index (κ1) is 14.2. The van der Waals surface area contributed by atoms with Gasteiger partial charge >= 0.3 is 5.91 Å². The van der Waals surface area contributed by atoms with Gasteiger partial charge in [0, 0.05) is 6.42 Å². The van der Waals surface area contributed by atoms with Gasteiger partial charge in [-0.05, 0) is 23.3 Å². The SMILES string of the molecule is CCCCCC1NC(C)(CC)C(=O)[N+]1(Cl)Cl. The second kappa shape index (κ2) is 5.21. The number of quaternary nitrogens is 1. The molecular weight excluding hydrogens is 247 g/mol. The van der Waals surface area contributed by atoms with Crippen LogP contribution in [0.1, 0.15) is 52.9 Å². The topological polar surface area (TPSA) is 29.1 Å². The van der Waals surface area contributed by atoms with Crippen molar-refractivity contribution in [2.75, 3.05) is 0 Å². The molecule has 0 aliphatic carbocycles. The zero-order valence-corrected chi connectivity index (χ0v) is 11.7. The normalized spacial score (nSPS) is 33.3. The van der Waals surface area contributed by atoms with Crippen LogP contribution in [0.5, 0.6) is 0 Å². The number of halogens is 2. The fraction of sp³-hybridized carbons (Fsp3) is 0.909. The van der Waals surface area contributed by atoms with E-state index in [0.29, 0.717) is 6.42 Å². The minimum atomic E-state index is -0.583. The Morgan fingerprint density at radius 1 is 1.38 bits per heavy atom. The summed E-state index contributed by atoms with van der Waals surface area (Å²) in [5, 5.41) is 3.27. The molecule has 2 unspecified atom stereocenters. The number of amides is 1. The van der Waals surface area contributed by atoms with E-state index in [2.05, 4.69) is 12.2 Å². The average Bonchev–Trinajstić information content (AvgIpc) is 2.42. The molecule has 1 saturated heterocycles. The Labute approximate surface area is 108 Å². The summed E-state index contributed by atoms with van der Waals surface area (Å²) in [6.07, 6.45) is 4.70. The molecule has 1 aliphatic heterocycles. The van der Waals surface area contributed by atoms with E-state index in [4.69, 9.17) is 23.6 Å². The molecule has 1 heterocycles. The lowest BCUT2D eigenvalue weighted by Gasteiger charge is -2.17. The molecule has 0 saturated carbocycles. The van der Waals surface area contributed by atoms with Crippen molar-refractivity contribution in [2.24, 2.45) is 0 Å². The summed E-state index contributed by atoms with van der Waals surface area (Å²) < 4.78 is -0.561. The summed E-state index contributed by atoms with van der Waals surface area (Å²) in [5.74, 6) is -0.139. The minimum Gasteiger partial charge on any atom is -0.247 e. The maximum absolute atomic E-state index is 12.1. The standard InChI is InChI=1S/C11H21Cl2N2O/c1-4-6-7-8-9-14-11(3,5-2)10(16)15(9,12)13/h9,14H,4-8H2,1-3H3/q+1. The van der Waals surface area contributed by atoms with Gasteiger partial charge in [-0.1, -0.05) is 26.7 Å². The van der Waals surface area contributed by atoms with E-state index in [-0.39, 0.29) is 12.1 Å². The molecular formula is C11H21Cl2N2O+. The molecule has 0 radical (unpaired) electrons. The van der Waals surface area contributed by atoms with Crippen LogP contribution in [-0.4, -0.2) is 21.1 Å². The van der Waals surface area contributed by atoms with Gasteiger partial charge in [0.15, 0.2) is 29.7 Å². The molecule has 0 spiro atoms. The van der Waals surface area contributed by atoms with Crippen molar-refractivity contribution in [3.05, 3.63) is 0 Å². The summed E-state index contributed by atoms with van der Waals surface area (Å²) in [6, 6.07) is 0. The Balaban J connectivity index is 2.70. The number of carbonyl (C=O) groups is 1. The molecule has 1 aliphatic rings. The van der Waals surface area contributed by atoms with Crippen molar-refractivity contribution in [1.29, 1.82) is 0 Å². The fourth-order valence-electron chi connectivity index (χ4n) is 2.06. The third kappa shape index (κ3) is 2.53. The van der Waals surface area contributed by atoms with Crippen molar-refractivity contribution >= 4 is 29.5 Å². The van der Waals surface area contributed by atoms with Crippen LogP contribution >= 0.6 is 23.6 Å². The van der Waals surface area contributed by atoms with Gasteiger partial charge in [-0.15, -0.1) is 0 Å². The number of nitrogens with one attached hydrogen (secondary N) is 1. The van der Waals surface area contributed by atoms with Crippen LogP contribution in [0.2, 0.25) is 0 Å². The monoisotopic (exact) mass is 267 g/mol. The van der Waals surface area contributed by atoms with Crippen LogP contribution in [0.25, 0.3) is 0 Å². The highest BCUT2D eigenvalue weighted by Crippen LogP contribution is 2.38. The third-order valence-electron chi connectivity index (χ3n) is 3.41. The van der Waals surface area contributed by atoms with Gasteiger partial charge < -0.3 is 0 Å². The van der Waals surface area contributed by atoms with Gasteiger partial charge in [0.25, 0.3) is 0 Å². The van der Waals surface area contributed by atoms with Crippen LogP contribution in [0.4, 0.5) is 0 Å². The number of hydrogen-bond donors (Lipinski definition) is 1. The number of unbranched alkanes of at least 4 members (excludes halogenated alkanes) is 2. The molecule has 0 aromatic heterocycles. The molecule has 94 valence electrons. The van der Waals surface area contributed by atoms with E-state index in [1.54, 1.807) is 0 Å². The molecule has 0 aromatic carbocycles. The fourth-order valence-corrected chi connectivity index (χ4v) is 2.72. The lowest BCUT2D eigenvalue weighted by Crippen LogP contribution is -2.43. The summed E-state index contributed by atoms with van der Waals surface area (Å²) in [6.45, 7) is 5.98. The largest absolute Gasteiger partial charge is 0.370 e. The molecule has 1 amide bonds. The Morgan fingerprint density at radius 3 is 2.44 bits per heavy atom. The summed E-state index contributed by atoms with van der Waals surface area (Å²) in [4.78, 5) is 12.1. The second-order valence-corrected chi connectivity index (χ2v) is 5.94. The van der Waals surface area contributed by atoms with Gasteiger partial charge in [0.05, 0.1) is 0 Å². The molecule has 1 rings (SSSR count). The molecule has 2 atom stereocenters. The maximum atomic E-state index is 12.1. The lowest BCUT2D eigenvalue weighted by atomic mass is 10.00. The van der Waals surface area contributed by atoms with Gasteiger partial charge in [-0.3, -0.25) is 0 Å². The smallest absolute Gasteiger partial charge is 0.247 e. The maximum Gasteiger partial charge on any atom is 0.370 e. The van der Waals surface area contributed by atoms with Gasteiger partial charge in [0.1, 0.15) is 5.54 Å². The number of hydrogen-bond acceptors (Lipinski definition) is 2. The molecule has 3 nitrogen and oxygen atoms in total. The van der Waals surface area contributed by atoms with Gasteiger partial charge in [-0.2, -0.15) is 0 Å². The number of nitrogens with zero attached hydrogens (tertiary/aromatic N) is 1. The predicted octanol–water partition coefficient (Wildman–Crippen LogP) is 3.32. The van der Waals surface area contributed by atoms with Crippen molar-refractivity contribution in [3.8, 4) is 0 Å². The first-order valence-electron chi connectivity index (χ1n) is 5.99. The van der Waals surface area contributed by atoms with Crippen molar-refractivity contribution in [3.63, 3.8) is 0 Å². The summed E-state index contributed by atoms with van der Waals surface area (Å²) in [5.41, 5.74) is -0.583. The number of rotatable bonds is 5. The van der Waals surface area contributed by atoms with Crippen LogP contribution in [0, 0.1) is 0 Å². The molecule has 5 heteroatoms. The zero-order valence-electron chi connectivity index (χ0n) is 10.2. The summed E-state index contributed by atoms with van der Waals surface area (Å²) >= 11 is 12.2. The highest BCUT2D eigenvalue weighted by molar-refractivity contribution is 6.30. The Kier molecular flexibility index (Phi) is 4.64. The first-order chi connectivity index (χ1) is 7.38. The lowest BCUT2D eigenvalue weighted by molar-refractivity contribution is -0.633. The van der Waals surface area contributed by atoms with E-state index in [1.807, 2.05) is 13.8 Å². The second-order valence-electron chi connectivity index (χ2n) is 4.70. The third-order valence-corrected chi connectivity index (χ3v) is 4.19. The van der Waals surface area contributed by atoms with Crippen molar-refractivity contribution < 1.29 is 8.32 Å². The van der Waals surface area contributed by atoms with Gasteiger partial charge in [0.2, 0.25) is 0 Å². The van der Waals surface area contributed by atoms with Crippen molar-refractivity contribution in [2.45, 2.75) is 64.6 Å². The molecule has 16 heavy (non-hydrogen) atoms.